The number of ether oxygens (including phenoxy) is 2. The van der Waals surface area contributed by atoms with Crippen LogP contribution in [0.2, 0.25) is 0 Å². The average Bonchev–Trinajstić information content (AvgIpc) is 2.89. The summed E-state index contributed by atoms with van der Waals surface area (Å²) in [5.41, 5.74) is 2.49. The van der Waals surface area contributed by atoms with Crippen LogP contribution in [-0.4, -0.2) is 39.2 Å². The van der Waals surface area contributed by atoms with E-state index in [2.05, 4.69) is 34.9 Å². The molecule has 2 N–H and O–H groups in total. The van der Waals surface area contributed by atoms with E-state index in [1.807, 2.05) is 36.4 Å². The number of rotatable bonds is 4. The molecule has 2 heterocycles. The van der Waals surface area contributed by atoms with Gasteiger partial charge in [-0.05, 0) is 49.9 Å². The van der Waals surface area contributed by atoms with Gasteiger partial charge in [0.25, 0.3) is 0 Å². The van der Waals surface area contributed by atoms with Crippen LogP contribution in [0.3, 0.4) is 0 Å². The SMILES string of the molecule is COC(=O)[C@@H]1CCN[C@H](c2ccccc2)C1.COC(=O)[C@H]1CCN[C@@H](c2ccccc2)C1. The smallest absolute Gasteiger partial charge is 0.308 e. The quantitative estimate of drug-likeness (QED) is 0.707. The molecule has 4 rings (SSSR count). The number of nitrogens with one attached hydrogen (secondary N) is 2. The first-order valence-corrected chi connectivity index (χ1v) is 11.3. The molecule has 0 radical (unpaired) electrons. The molecule has 2 saturated heterocycles. The number of benzene rings is 2. The highest BCUT2D eigenvalue weighted by atomic mass is 16.5. The highest BCUT2D eigenvalue weighted by Crippen LogP contribution is 2.28. The van der Waals surface area contributed by atoms with Gasteiger partial charge in [-0.2, -0.15) is 0 Å². The normalized spacial score (nSPS) is 25.1. The minimum absolute atomic E-state index is 0.0384. The predicted molar refractivity (Wildman–Crippen MR) is 124 cm³/mol. The van der Waals surface area contributed by atoms with Gasteiger partial charge < -0.3 is 20.1 Å². The lowest BCUT2D eigenvalue weighted by Crippen LogP contribution is -2.35. The van der Waals surface area contributed by atoms with Gasteiger partial charge >= 0.3 is 11.9 Å². The Balaban J connectivity index is 0.000000181. The summed E-state index contributed by atoms with van der Waals surface area (Å²) in [6.45, 7) is 1.75. The summed E-state index contributed by atoms with van der Waals surface area (Å²) >= 11 is 0. The highest BCUT2D eigenvalue weighted by molar-refractivity contribution is 5.73. The van der Waals surface area contributed by atoms with E-state index in [1.165, 1.54) is 25.3 Å². The Labute approximate surface area is 190 Å². The number of hydrogen-bond donors (Lipinski definition) is 2. The number of hydrogen-bond acceptors (Lipinski definition) is 6. The van der Waals surface area contributed by atoms with E-state index in [9.17, 15) is 9.59 Å². The number of methoxy groups -OCH3 is 2. The lowest BCUT2D eigenvalue weighted by molar-refractivity contribution is -0.147. The van der Waals surface area contributed by atoms with Crippen LogP contribution in [0.15, 0.2) is 60.7 Å². The molecule has 0 saturated carbocycles. The number of carbonyl (C=O) groups is 2. The minimum Gasteiger partial charge on any atom is -0.469 e. The number of esters is 2. The Morgan fingerprint density at radius 3 is 1.41 bits per heavy atom. The van der Waals surface area contributed by atoms with Crippen LogP contribution in [0.4, 0.5) is 0 Å². The Morgan fingerprint density at radius 2 is 1.06 bits per heavy atom. The van der Waals surface area contributed by atoms with E-state index >= 15 is 0 Å². The van der Waals surface area contributed by atoms with Crippen molar-refractivity contribution < 1.29 is 19.1 Å². The van der Waals surface area contributed by atoms with Crippen molar-refractivity contribution in [2.45, 2.75) is 37.8 Å². The lowest BCUT2D eigenvalue weighted by atomic mass is 9.89. The summed E-state index contributed by atoms with van der Waals surface area (Å²) in [5, 5.41) is 6.87. The molecule has 0 aromatic heterocycles. The fourth-order valence-corrected chi connectivity index (χ4v) is 4.48. The second kappa shape index (κ2) is 12.4. The molecule has 6 nitrogen and oxygen atoms in total. The van der Waals surface area contributed by atoms with Crippen LogP contribution in [-0.2, 0) is 19.1 Å². The number of carbonyl (C=O) groups excluding carboxylic acids is 2. The van der Waals surface area contributed by atoms with Crippen LogP contribution < -0.4 is 10.6 Å². The van der Waals surface area contributed by atoms with Gasteiger partial charge in [-0.15, -0.1) is 0 Å². The molecule has 172 valence electrons. The summed E-state index contributed by atoms with van der Waals surface area (Å²) in [6.07, 6.45) is 3.40. The Hall–Kier alpha value is -2.70. The van der Waals surface area contributed by atoms with Gasteiger partial charge in [0.2, 0.25) is 0 Å². The van der Waals surface area contributed by atoms with Gasteiger partial charge in [-0.1, -0.05) is 60.7 Å². The monoisotopic (exact) mass is 438 g/mol. The maximum atomic E-state index is 11.5. The summed E-state index contributed by atoms with van der Waals surface area (Å²) in [4.78, 5) is 23.0. The third kappa shape index (κ3) is 6.65. The lowest BCUT2D eigenvalue weighted by Gasteiger charge is -2.29. The molecule has 2 aromatic rings. The molecule has 2 aliphatic heterocycles. The fraction of sp³-hybridized carbons (Fsp3) is 0.462. The summed E-state index contributed by atoms with van der Waals surface area (Å²) in [7, 11) is 2.92. The molecule has 2 aliphatic rings. The van der Waals surface area contributed by atoms with Crippen LogP contribution in [0.5, 0.6) is 0 Å². The van der Waals surface area contributed by atoms with Crippen molar-refractivity contribution in [2.24, 2.45) is 11.8 Å². The summed E-state index contributed by atoms with van der Waals surface area (Å²) in [5.74, 6) is -0.0854. The van der Waals surface area contributed by atoms with E-state index < -0.39 is 0 Å². The Bertz CT molecular complexity index is 772. The van der Waals surface area contributed by atoms with Crippen molar-refractivity contribution in [2.75, 3.05) is 27.3 Å². The molecule has 6 heteroatoms. The first-order chi connectivity index (χ1) is 15.6. The minimum atomic E-state index is -0.0811. The van der Waals surface area contributed by atoms with E-state index in [1.54, 1.807) is 0 Å². The topological polar surface area (TPSA) is 76.7 Å². The van der Waals surface area contributed by atoms with Crippen LogP contribution in [0.25, 0.3) is 0 Å². The van der Waals surface area contributed by atoms with Gasteiger partial charge in [0.05, 0.1) is 26.1 Å². The first-order valence-electron chi connectivity index (χ1n) is 11.3. The molecule has 0 amide bonds. The van der Waals surface area contributed by atoms with E-state index in [0.29, 0.717) is 0 Å². The Kier molecular flexibility index (Phi) is 9.26. The van der Waals surface area contributed by atoms with E-state index in [0.717, 1.165) is 38.8 Å². The molecule has 4 atom stereocenters. The van der Waals surface area contributed by atoms with Gasteiger partial charge in [-0.25, -0.2) is 0 Å². The van der Waals surface area contributed by atoms with Gasteiger partial charge in [0.15, 0.2) is 0 Å². The second-order valence-corrected chi connectivity index (χ2v) is 8.32. The summed E-state index contributed by atoms with van der Waals surface area (Å²) < 4.78 is 9.61. The molecular formula is C26H34N2O4. The van der Waals surface area contributed by atoms with Crippen molar-refractivity contribution in [3.05, 3.63) is 71.8 Å². The van der Waals surface area contributed by atoms with Crippen LogP contribution in [0, 0.1) is 11.8 Å². The summed E-state index contributed by atoms with van der Waals surface area (Å²) in [6, 6.07) is 21.0. The highest BCUT2D eigenvalue weighted by Gasteiger charge is 2.29. The predicted octanol–water partition coefficient (Wildman–Crippen LogP) is 3.80. The largest absolute Gasteiger partial charge is 0.469 e. The van der Waals surface area contributed by atoms with Crippen molar-refractivity contribution in [1.29, 1.82) is 0 Å². The van der Waals surface area contributed by atoms with Crippen LogP contribution >= 0.6 is 0 Å². The third-order valence-electron chi connectivity index (χ3n) is 6.28. The molecule has 0 spiro atoms. The molecule has 0 unspecified atom stereocenters. The van der Waals surface area contributed by atoms with Crippen molar-refractivity contribution in [3.63, 3.8) is 0 Å². The van der Waals surface area contributed by atoms with Gasteiger partial charge in [0, 0.05) is 12.1 Å². The van der Waals surface area contributed by atoms with Crippen molar-refractivity contribution in [1.82, 2.24) is 10.6 Å². The second-order valence-electron chi connectivity index (χ2n) is 8.32. The number of piperidine rings is 2. The zero-order valence-corrected chi connectivity index (χ0v) is 19.0. The third-order valence-corrected chi connectivity index (χ3v) is 6.28. The van der Waals surface area contributed by atoms with E-state index in [-0.39, 0.29) is 35.9 Å². The van der Waals surface area contributed by atoms with Gasteiger partial charge in [0.1, 0.15) is 0 Å². The van der Waals surface area contributed by atoms with Crippen molar-refractivity contribution >= 4 is 11.9 Å². The Morgan fingerprint density at radius 1 is 0.688 bits per heavy atom. The molecular weight excluding hydrogens is 404 g/mol. The standard InChI is InChI=1S/2C13H17NO2/c2*1-16-13(15)11-7-8-14-12(9-11)10-5-3-2-4-6-10/h2*2-6,11-12,14H,7-9H2,1H3/t2*11-,12+/m10/s1. The molecule has 0 bridgehead atoms. The fourth-order valence-electron chi connectivity index (χ4n) is 4.48. The van der Waals surface area contributed by atoms with Crippen LogP contribution in [0.1, 0.15) is 48.9 Å². The maximum absolute atomic E-state index is 11.5. The molecule has 32 heavy (non-hydrogen) atoms. The zero-order chi connectivity index (χ0) is 22.8. The van der Waals surface area contributed by atoms with Gasteiger partial charge in [-0.3, -0.25) is 9.59 Å². The average molecular weight is 439 g/mol. The van der Waals surface area contributed by atoms with E-state index in [4.69, 9.17) is 9.47 Å². The van der Waals surface area contributed by atoms with Crippen molar-refractivity contribution in [3.8, 4) is 0 Å². The molecule has 2 fully saturated rings. The first kappa shape index (κ1) is 24.0. The zero-order valence-electron chi connectivity index (χ0n) is 19.0. The maximum Gasteiger partial charge on any atom is 0.308 e. The molecule has 0 aliphatic carbocycles. The molecule has 2 aromatic carbocycles.